The Labute approximate surface area is 120 Å². The second-order valence-corrected chi connectivity index (χ2v) is 6.53. The lowest BCUT2D eigenvalue weighted by Crippen LogP contribution is -2.65. The monoisotopic (exact) mass is 270 g/mol. The van der Waals surface area contributed by atoms with Gasteiger partial charge in [0, 0.05) is 31.2 Å². The number of piperazine rings is 1. The summed E-state index contributed by atoms with van der Waals surface area (Å²) < 4.78 is 5.76. The Morgan fingerprint density at radius 2 is 1.84 bits per heavy atom. The summed E-state index contributed by atoms with van der Waals surface area (Å²) in [5.41, 5.74) is 0.325. The van der Waals surface area contributed by atoms with E-state index in [1.165, 1.54) is 12.8 Å². The minimum atomic E-state index is 0.325. The fourth-order valence-corrected chi connectivity index (χ4v) is 3.05. The van der Waals surface area contributed by atoms with Crippen LogP contribution in [0.15, 0.2) is 0 Å². The quantitative estimate of drug-likeness (QED) is 0.770. The maximum atomic E-state index is 5.76. The lowest BCUT2D eigenvalue weighted by Gasteiger charge is -2.50. The van der Waals surface area contributed by atoms with Crippen LogP contribution in [-0.2, 0) is 4.74 Å². The van der Waals surface area contributed by atoms with E-state index < -0.39 is 0 Å². The zero-order valence-electron chi connectivity index (χ0n) is 13.8. The van der Waals surface area contributed by atoms with Crippen LogP contribution >= 0.6 is 0 Å². The van der Waals surface area contributed by atoms with Gasteiger partial charge in [0.05, 0.1) is 12.7 Å². The molecule has 1 rings (SSSR count). The Morgan fingerprint density at radius 1 is 1.21 bits per heavy atom. The van der Waals surface area contributed by atoms with E-state index in [1.807, 2.05) is 0 Å². The maximum Gasteiger partial charge on any atom is 0.0597 e. The van der Waals surface area contributed by atoms with Crippen molar-refractivity contribution in [2.24, 2.45) is 5.92 Å². The SMILES string of the molecule is CCC1(CC)CNC(C(C)C)CN1CCOC(C)C. The van der Waals surface area contributed by atoms with E-state index in [0.29, 0.717) is 23.6 Å². The molecule has 3 nitrogen and oxygen atoms in total. The van der Waals surface area contributed by atoms with Gasteiger partial charge in [0.15, 0.2) is 0 Å². The number of rotatable bonds is 7. The molecule has 1 heterocycles. The number of hydrogen-bond acceptors (Lipinski definition) is 3. The van der Waals surface area contributed by atoms with Crippen LogP contribution < -0.4 is 5.32 Å². The van der Waals surface area contributed by atoms with E-state index in [-0.39, 0.29) is 0 Å². The van der Waals surface area contributed by atoms with Crippen LogP contribution in [0.2, 0.25) is 0 Å². The molecule has 0 aromatic rings. The molecule has 1 fully saturated rings. The average molecular weight is 270 g/mol. The van der Waals surface area contributed by atoms with Crippen LogP contribution in [0.4, 0.5) is 0 Å². The lowest BCUT2D eigenvalue weighted by atomic mass is 9.85. The van der Waals surface area contributed by atoms with Crippen LogP contribution in [0.5, 0.6) is 0 Å². The van der Waals surface area contributed by atoms with Gasteiger partial charge >= 0.3 is 0 Å². The van der Waals surface area contributed by atoms with Crippen molar-refractivity contribution >= 4 is 0 Å². The first kappa shape index (κ1) is 16.9. The Kier molecular flexibility index (Phi) is 6.78. The predicted molar refractivity (Wildman–Crippen MR) is 82.6 cm³/mol. The number of ether oxygens (including phenoxy) is 1. The zero-order chi connectivity index (χ0) is 14.5. The zero-order valence-corrected chi connectivity index (χ0v) is 13.8. The fraction of sp³-hybridized carbons (Fsp3) is 1.00. The van der Waals surface area contributed by atoms with Gasteiger partial charge in [-0.25, -0.2) is 0 Å². The number of hydrogen-bond donors (Lipinski definition) is 1. The van der Waals surface area contributed by atoms with Crippen molar-refractivity contribution in [1.29, 1.82) is 0 Å². The van der Waals surface area contributed by atoms with Gasteiger partial charge in [0.1, 0.15) is 0 Å². The minimum Gasteiger partial charge on any atom is -0.377 e. The highest BCUT2D eigenvalue weighted by Crippen LogP contribution is 2.28. The van der Waals surface area contributed by atoms with Gasteiger partial charge in [-0.05, 0) is 32.6 Å². The van der Waals surface area contributed by atoms with Crippen molar-refractivity contribution in [2.75, 3.05) is 26.2 Å². The molecule has 3 heteroatoms. The molecule has 0 spiro atoms. The second-order valence-electron chi connectivity index (χ2n) is 6.53. The van der Waals surface area contributed by atoms with E-state index in [4.69, 9.17) is 4.74 Å². The third kappa shape index (κ3) is 4.44. The molecule has 1 atom stereocenters. The van der Waals surface area contributed by atoms with Crippen LogP contribution in [0.1, 0.15) is 54.4 Å². The summed E-state index contributed by atoms with van der Waals surface area (Å²) in [4.78, 5) is 2.68. The molecule has 1 saturated heterocycles. The molecule has 1 aliphatic heterocycles. The smallest absolute Gasteiger partial charge is 0.0597 e. The van der Waals surface area contributed by atoms with Gasteiger partial charge in [0.2, 0.25) is 0 Å². The molecule has 0 radical (unpaired) electrons. The second kappa shape index (κ2) is 7.61. The molecule has 1 unspecified atom stereocenters. The van der Waals surface area contributed by atoms with Crippen molar-refractivity contribution in [2.45, 2.75) is 72.1 Å². The third-order valence-electron chi connectivity index (χ3n) is 4.71. The van der Waals surface area contributed by atoms with E-state index in [1.54, 1.807) is 0 Å². The van der Waals surface area contributed by atoms with Crippen LogP contribution in [0, 0.1) is 5.92 Å². The molecule has 19 heavy (non-hydrogen) atoms. The van der Waals surface area contributed by atoms with Crippen molar-refractivity contribution in [1.82, 2.24) is 10.2 Å². The van der Waals surface area contributed by atoms with E-state index in [2.05, 4.69) is 51.8 Å². The van der Waals surface area contributed by atoms with Crippen molar-refractivity contribution in [3.8, 4) is 0 Å². The highest BCUT2D eigenvalue weighted by molar-refractivity contribution is 4.98. The van der Waals surface area contributed by atoms with Crippen LogP contribution in [-0.4, -0.2) is 48.8 Å². The first-order valence-electron chi connectivity index (χ1n) is 8.05. The van der Waals surface area contributed by atoms with E-state index in [9.17, 15) is 0 Å². The summed E-state index contributed by atoms with van der Waals surface area (Å²) in [6.45, 7) is 17.7. The molecule has 0 aromatic carbocycles. The first-order chi connectivity index (χ1) is 8.95. The van der Waals surface area contributed by atoms with Gasteiger partial charge in [-0.2, -0.15) is 0 Å². The molecular formula is C16H34N2O. The summed E-state index contributed by atoms with van der Waals surface area (Å²) >= 11 is 0. The molecule has 1 aliphatic rings. The molecule has 0 amide bonds. The summed E-state index contributed by atoms with van der Waals surface area (Å²) in [6.07, 6.45) is 2.76. The van der Waals surface area contributed by atoms with Crippen molar-refractivity contribution in [3.05, 3.63) is 0 Å². The number of nitrogens with one attached hydrogen (secondary N) is 1. The molecule has 0 aromatic heterocycles. The average Bonchev–Trinajstić information content (AvgIpc) is 2.38. The largest absolute Gasteiger partial charge is 0.377 e. The molecule has 0 aliphatic carbocycles. The topological polar surface area (TPSA) is 24.5 Å². The molecule has 0 bridgehead atoms. The van der Waals surface area contributed by atoms with E-state index in [0.717, 1.165) is 26.2 Å². The van der Waals surface area contributed by atoms with Gasteiger partial charge in [-0.3, -0.25) is 4.90 Å². The van der Waals surface area contributed by atoms with Gasteiger partial charge < -0.3 is 10.1 Å². The Bertz CT molecular complexity index is 249. The maximum absolute atomic E-state index is 5.76. The van der Waals surface area contributed by atoms with Gasteiger partial charge in [-0.1, -0.05) is 27.7 Å². The normalized spacial score (nSPS) is 24.3. The van der Waals surface area contributed by atoms with Gasteiger partial charge in [-0.15, -0.1) is 0 Å². The molecule has 0 saturated carbocycles. The highest BCUT2D eigenvalue weighted by atomic mass is 16.5. The summed E-state index contributed by atoms with van der Waals surface area (Å²) in [6, 6.07) is 0.616. The van der Waals surface area contributed by atoms with E-state index >= 15 is 0 Å². The summed E-state index contributed by atoms with van der Waals surface area (Å²) in [5.74, 6) is 0.695. The summed E-state index contributed by atoms with van der Waals surface area (Å²) in [5, 5.41) is 3.76. The van der Waals surface area contributed by atoms with Crippen molar-refractivity contribution in [3.63, 3.8) is 0 Å². The Morgan fingerprint density at radius 3 is 2.32 bits per heavy atom. The van der Waals surface area contributed by atoms with Crippen molar-refractivity contribution < 1.29 is 4.74 Å². The minimum absolute atomic E-state index is 0.325. The Hall–Kier alpha value is -0.120. The summed E-state index contributed by atoms with van der Waals surface area (Å²) in [7, 11) is 0. The molecule has 1 N–H and O–H groups in total. The Balaban J connectivity index is 2.65. The lowest BCUT2D eigenvalue weighted by molar-refractivity contribution is -0.0128. The highest BCUT2D eigenvalue weighted by Gasteiger charge is 2.39. The predicted octanol–water partition coefficient (Wildman–Crippen LogP) is 2.90. The van der Waals surface area contributed by atoms with Gasteiger partial charge in [0.25, 0.3) is 0 Å². The van der Waals surface area contributed by atoms with Crippen LogP contribution in [0.25, 0.3) is 0 Å². The fourth-order valence-electron chi connectivity index (χ4n) is 3.05. The van der Waals surface area contributed by atoms with Crippen LogP contribution in [0.3, 0.4) is 0 Å². The number of nitrogens with zero attached hydrogens (tertiary/aromatic N) is 1. The third-order valence-corrected chi connectivity index (χ3v) is 4.71. The molecule has 114 valence electrons. The first-order valence-corrected chi connectivity index (χ1v) is 8.05. The molecular weight excluding hydrogens is 236 g/mol. The standard InChI is InChI=1S/C16H34N2O/c1-7-16(8-2)12-17-15(13(3)4)11-18(16)9-10-19-14(5)6/h13-15,17H,7-12H2,1-6H3.